The second-order valence-corrected chi connectivity index (χ2v) is 6.67. The van der Waals surface area contributed by atoms with Crippen molar-refractivity contribution >= 4 is 15.8 Å². The minimum atomic E-state index is -3.64. The van der Waals surface area contributed by atoms with E-state index in [1.165, 1.54) is 31.4 Å². The van der Waals surface area contributed by atoms with Gasteiger partial charge in [-0.25, -0.2) is 13.4 Å². The van der Waals surface area contributed by atoms with Crippen LogP contribution in [0.25, 0.3) is 0 Å². The van der Waals surface area contributed by atoms with Crippen molar-refractivity contribution in [2.45, 2.75) is 30.3 Å². The highest BCUT2D eigenvalue weighted by atomic mass is 32.2. The van der Waals surface area contributed by atoms with Crippen LogP contribution >= 0.6 is 0 Å². The van der Waals surface area contributed by atoms with E-state index >= 15 is 0 Å². The summed E-state index contributed by atoms with van der Waals surface area (Å²) in [6.45, 7) is 1.44. The van der Waals surface area contributed by atoms with Gasteiger partial charge in [0.15, 0.2) is 0 Å². The van der Waals surface area contributed by atoms with E-state index in [0.717, 1.165) is 6.54 Å². The summed E-state index contributed by atoms with van der Waals surface area (Å²) >= 11 is 0. The largest absolute Gasteiger partial charge is 0.312 e. The molecule has 2 aromatic heterocycles. The first-order valence-electron chi connectivity index (χ1n) is 6.83. The molecule has 0 saturated heterocycles. The Labute approximate surface area is 123 Å². The van der Waals surface area contributed by atoms with Crippen molar-refractivity contribution in [2.75, 3.05) is 11.3 Å². The molecule has 0 aromatic carbocycles. The molecule has 7 nitrogen and oxygen atoms in total. The second kappa shape index (κ2) is 5.82. The average molecular weight is 307 g/mol. The first kappa shape index (κ1) is 14.0. The summed E-state index contributed by atoms with van der Waals surface area (Å²) in [5, 5.41) is 7.44. The highest BCUT2D eigenvalue weighted by Crippen LogP contribution is 2.18. The number of nitrogens with one attached hydrogen (secondary N) is 2. The van der Waals surface area contributed by atoms with Gasteiger partial charge in [0.1, 0.15) is 10.7 Å². The zero-order valence-electron chi connectivity index (χ0n) is 11.4. The van der Waals surface area contributed by atoms with Crippen LogP contribution in [0.4, 0.5) is 5.82 Å². The zero-order chi connectivity index (χ0) is 14.7. The Morgan fingerprint density at radius 1 is 1.33 bits per heavy atom. The lowest BCUT2D eigenvalue weighted by molar-refractivity contribution is 0.552. The molecule has 1 aliphatic rings. The van der Waals surface area contributed by atoms with E-state index in [-0.39, 0.29) is 4.90 Å². The lowest BCUT2D eigenvalue weighted by Gasteiger charge is -2.04. The minimum absolute atomic E-state index is 0.138. The number of hydrogen-bond donors (Lipinski definition) is 2. The smallest absolute Gasteiger partial charge is 0.266 e. The molecule has 1 fully saturated rings. The van der Waals surface area contributed by atoms with Crippen LogP contribution in [0.3, 0.4) is 0 Å². The van der Waals surface area contributed by atoms with Crippen LogP contribution in [0.1, 0.15) is 12.8 Å². The molecule has 0 atom stereocenters. The van der Waals surface area contributed by atoms with Crippen LogP contribution in [0.5, 0.6) is 0 Å². The summed E-state index contributed by atoms with van der Waals surface area (Å²) in [7, 11) is -3.64. The number of rotatable bonds is 7. The van der Waals surface area contributed by atoms with E-state index in [9.17, 15) is 8.42 Å². The van der Waals surface area contributed by atoms with Crippen molar-refractivity contribution in [1.82, 2.24) is 20.1 Å². The van der Waals surface area contributed by atoms with E-state index < -0.39 is 10.0 Å². The van der Waals surface area contributed by atoms with Crippen molar-refractivity contribution in [3.63, 3.8) is 0 Å². The second-order valence-electron chi connectivity index (χ2n) is 4.99. The van der Waals surface area contributed by atoms with Crippen molar-refractivity contribution in [2.24, 2.45) is 0 Å². The molecule has 21 heavy (non-hydrogen) atoms. The predicted molar refractivity (Wildman–Crippen MR) is 78.3 cm³/mol. The third-order valence-corrected chi connectivity index (χ3v) is 4.48. The number of aromatic nitrogens is 3. The molecule has 1 aliphatic carbocycles. The monoisotopic (exact) mass is 307 g/mol. The summed E-state index contributed by atoms with van der Waals surface area (Å²) < 4.78 is 28.4. The Balaban J connectivity index is 1.63. The molecule has 0 aliphatic heterocycles. The maximum Gasteiger partial charge on any atom is 0.266 e. The summed E-state index contributed by atoms with van der Waals surface area (Å²) in [6, 6.07) is 5.68. The predicted octanol–water partition coefficient (Wildman–Crippen LogP) is 0.831. The quantitative estimate of drug-likeness (QED) is 0.791. The molecule has 2 heterocycles. The van der Waals surface area contributed by atoms with Gasteiger partial charge in [-0.05, 0) is 25.0 Å². The molecule has 1 saturated carbocycles. The fourth-order valence-electron chi connectivity index (χ4n) is 1.90. The Bertz CT molecular complexity index is 694. The first-order chi connectivity index (χ1) is 10.1. The summed E-state index contributed by atoms with van der Waals surface area (Å²) in [5.74, 6) is 0.292. The van der Waals surface area contributed by atoms with E-state index in [0.29, 0.717) is 18.4 Å². The highest BCUT2D eigenvalue weighted by Gasteiger charge is 2.20. The molecule has 0 spiro atoms. The molecule has 0 unspecified atom stereocenters. The third-order valence-electron chi connectivity index (χ3n) is 3.17. The van der Waals surface area contributed by atoms with Gasteiger partial charge in [0, 0.05) is 25.0 Å². The Hall–Kier alpha value is -1.93. The molecular formula is C13H17N5O2S. The van der Waals surface area contributed by atoms with Crippen molar-refractivity contribution in [3.8, 4) is 0 Å². The van der Waals surface area contributed by atoms with Gasteiger partial charge in [-0.15, -0.1) is 0 Å². The number of pyridine rings is 1. The van der Waals surface area contributed by atoms with Crippen LogP contribution < -0.4 is 10.0 Å². The van der Waals surface area contributed by atoms with Gasteiger partial charge in [0.2, 0.25) is 0 Å². The highest BCUT2D eigenvalue weighted by molar-refractivity contribution is 7.92. The molecule has 2 N–H and O–H groups in total. The van der Waals surface area contributed by atoms with Crippen LogP contribution in [0, 0.1) is 0 Å². The van der Waals surface area contributed by atoms with Crippen LogP contribution in [0.15, 0.2) is 41.7 Å². The minimum Gasteiger partial charge on any atom is -0.312 e. The standard InChI is InChI=1S/C13H17N5O2S/c19-21(20,17-13-3-1-2-6-15-13)12-9-16-18(10-12)8-7-14-11-4-5-11/h1-3,6,9-11,14H,4-5,7-8H2,(H,15,17). The normalized spacial score (nSPS) is 15.0. The lowest BCUT2D eigenvalue weighted by Crippen LogP contribution is -2.22. The topological polar surface area (TPSA) is 88.9 Å². The van der Waals surface area contributed by atoms with E-state index in [4.69, 9.17) is 0 Å². The van der Waals surface area contributed by atoms with Crippen LogP contribution in [0.2, 0.25) is 0 Å². The fourth-order valence-corrected chi connectivity index (χ4v) is 2.86. The van der Waals surface area contributed by atoms with E-state index in [2.05, 4.69) is 20.1 Å². The summed E-state index contributed by atoms with van der Waals surface area (Å²) in [4.78, 5) is 4.08. The average Bonchev–Trinajstić information content (AvgIpc) is 3.15. The van der Waals surface area contributed by atoms with E-state index in [1.807, 2.05) is 0 Å². The Morgan fingerprint density at radius 3 is 2.90 bits per heavy atom. The Morgan fingerprint density at radius 2 is 2.19 bits per heavy atom. The van der Waals surface area contributed by atoms with Gasteiger partial charge in [0.05, 0.1) is 12.7 Å². The zero-order valence-corrected chi connectivity index (χ0v) is 12.3. The van der Waals surface area contributed by atoms with Crippen molar-refractivity contribution in [1.29, 1.82) is 0 Å². The van der Waals surface area contributed by atoms with E-state index in [1.54, 1.807) is 22.9 Å². The summed E-state index contributed by atoms with van der Waals surface area (Å²) in [6.07, 6.45) is 6.87. The molecule has 0 bridgehead atoms. The van der Waals surface area contributed by atoms with Crippen molar-refractivity contribution < 1.29 is 8.42 Å². The van der Waals surface area contributed by atoms with Gasteiger partial charge >= 0.3 is 0 Å². The first-order valence-corrected chi connectivity index (χ1v) is 8.31. The molecule has 3 rings (SSSR count). The van der Waals surface area contributed by atoms with Gasteiger partial charge in [-0.3, -0.25) is 9.40 Å². The Kier molecular flexibility index (Phi) is 3.89. The van der Waals surface area contributed by atoms with Gasteiger partial charge in [-0.2, -0.15) is 5.10 Å². The van der Waals surface area contributed by atoms with Crippen molar-refractivity contribution in [3.05, 3.63) is 36.8 Å². The molecular weight excluding hydrogens is 290 g/mol. The van der Waals surface area contributed by atoms with Gasteiger partial charge < -0.3 is 5.32 Å². The number of anilines is 1. The molecule has 8 heteroatoms. The molecule has 112 valence electrons. The van der Waals surface area contributed by atoms with Gasteiger partial charge in [-0.1, -0.05) is 6.07 Å². The van der Waals surface area contributed by atoms with Crippen LogP contribution in [-0.2, 0) is 16.6 Å². The lowest BCUT2D eigenvalue weighted by atomic mass is 10.5. The summed E-state index contributed by atoms with van der Waals surface area (Å²) in [5.41, 5.74) is 0. The number of sulfonamides is 1. The molecule has 0 amide bonds. The SMILES string of the molecule is O=S(=O)(Nc1ccccn1)c1cnn(CCNC2CC2)c1. The molecule has 2 aromatic rings. The van der Waals surface area contributed by atoms with Gasteiger partial charge in [0.25, 0.3) is 10.0 Å². The maximum atomic E-state index is 12.2. The maximum absolute atomic E-state index is 12.2. The number of nitrogens with zero attached hydrogens (tertiary/aromatic N) is 3. The molecule has 0 radical (unpaired) electrons. The third kappa shape index (κ3) is 3.79. The fraction of sp³-hybridized carbons (Fsp3) is 0.385. The van der Waals surface area contributed by atoms with Crippen LogP contribution in [-0.4, -0.2) is 35.8 Å². The number of hydrogen-bond acceptors (Lipinski definition) is 5.